The van der Waals surface area contributed by atoms with E-state index in [4.69, 9.17) is 14.2 Å². The Labute approximate surface area is 239 Å². The smallest absolute Gasteiger partial charge is 0.335 e. The van der Waals surface area contributed by atoms with Gasteiger partial charge in [0.15, 0.2) is 0 Å². The molecular weight excluding hydrogens is 508 g/mol. The summed E-state index contributed by atoms with van der Waals surface area (Å²) in [6.45, 7) is 16.4. The lowest BCUT2D eigenvalue weighted by molar-refractivity contribution is -0.237. The van der Waals surface area contributed by atoms with Crippen LogP contribution in [-0.4, -0.2) is 47.4 Å². The van der Waals surface area contributed by atoms with Crippen LogP contribution in [0.2, 0.25) is 0 Å². The van der Waals surface area contributed by atoms with E-state index < -0.39 is 23.6 Å². The van der Waals surface area contributed by atoms with E-state index in [0.717, 1.165) is 56.1 Å². The van der Waals surface area contributed by atoms with Gasteiger partial charge in [-0.05, 0) is 99.9 Å². The number of rotatable bonds is 5. The molecule has 0 aromatic carbocycles. The molecule has 0 aromatic rings. The van der Waals surface area contributed by atoms with E-state index in [-0.39, 0.29) is 58.6 Å². The Morgan fingerprint density at radius 3 is 2.35 bits per heavy atom. The largest absolute Gasteiger partial charge is 0.462 e. The van der Waals surface area contributed by atoms with Crippen LogP contribution in [0.15, 0.2) is 11.1 Å². The van der Waals surface area contributed by atoms with Gasteiger partial charge in [-0.25, -0.2) is 4.79 Å². The molecule has 7 heteroatoms. The van der Waals surface area contributed by atoms with Crippen LogP contribution in [0.25, 0.3) is 0 Å². The predicted molar refractivity (Wildman–Crippen MR) is 150 cm³/mol. The molecule has 5 unspecified atom stereocenters. The van der Waals surface area contributed by atoms with Crippen molar-refractivity contribution < 1.29 is 33.7 Å². The lowest BCUT2D eigenvalue weighted by Gasteiger charge is -2.70. The summed E-state index contributed by atoms with van der Waals surface area (Å²) in [6.07, 6.45) is 5.97. The molecular formula is C33H50O7. The number of esters is 3. The molecule has 1 aliphatic heterocycles. The van der Waals surface area contributed by atoms with Gasteiger partial charge in [-0.1, -0.05) is 34.1 Å². The number of aliphatic hydroxyl groups is 1. The minimum Gasteiger partial charge on any atom is -0.462 e. The van der Waals surface area contributed by atoms with E-state index in [9.17, 15) is 19.5 Å². The van der Waals surface area contributed by atoms with Crippen LogP contribution < -0.4 is 0 Å². The second-order valence-corrected chi connectivity index (χ2v) is 14.9. The second kappa shape index (κ2) is 9.84. The Morgan fingerprint density at radius 2 is 1.70 bits per heavy atom. The maximum absolute atomic E-state index is 13.4. The third-order valence-corrected chi connectivity index (χ3v) is 12.8. The van der Waals surface area contributed by atoms with E-state index in [1.807, 2.05) is 6.92 Å². The summed E-state index contributed by atoms with van der Waals surface area (Å²) < 4.78 is 17.9. The number of fused-ring (bicyclic) bond motifs is 6. The highest BCUT2D eigenvalue weighted by Crippen LogP contribution is 2.74. The molecule has 1 N–H and O–H groups in total. The first kappa shape index (κ1) is 29.6. The Balaban J connectivity index is 1.59. The van der Waals surface area contributed by atoms with Crippen LogP contribution in [0.3, 0.4) is 0 Å². The van der Waals surface area contributed by atoms with Crippen molar-refractivity contribution in [2.45, 2.75) is 138 Å². The average molecular weight is 559 g/mol. The number of hydrogen-bond donors (Lipinski definition) is 1. The molecule has 0 saturated heterocycles. The van der Waals surface area contributed by atoms with Crippen LogP contribution in [0, 0.1) is 39.4 Å². The molecule has 4 aliphatic carbocycles. The normalized spacial score (nSPS) is 45.7. The molecule has 3 fully saturated rings. The van der Waals surface area contributed by atoms with Crippen molar-refractivity contribution in [1.29, 1.82) is 0 Å². The zero-order chi connectivity index (χ0) is 29.4. The first-order chi connectivity index (χ1) is 18.6. The van der Waals surface area contributed by atoms with Gasteiger partial charge in [0.2, 0.25) is 0 Å². The maximum Gasteiger partial charge on any atom is 0.335 e. The summed E-state index contributed by atoms with van der Waals surface area (Å²) in [5.74, 6) is -0.0870. The molecule has 0 aromatic heterocycles. The summed E-state index contributed by atoms with van der Waals surface area (Å²) in [5.41, 5.74) is 0.981. The summed E-state index contributed by atoms with van der Waals surface area (Å²) in [4.78, 5) is 38.5. The summed E-state index contributed by atoms with van der Waals surface area (Å²) in [6, 6.07) is 0. The van der Waals surface area contributed by atoms with E-state index >= 15 is 0 Å². The fraction of sp³-hybridized carbons (Fsp3) is 0.848. The van der Waals surface area contributed by atoms with Crippen molar-refractivity contribution >= 4 is 17.9 Å². The molecule has 11 atom stereocenters. The van der Waals surface area contributed by atoms with Crippen LogP contribution in [0.4, 0.5) is 0 Å². The maximum atomic E-state index is 13.4. The van der Waals surface area contributed by atoms with Gasteiger partial charge in [-0.2, -0.15) is 0 Å². The van der Waals surface area contributed by atoms with Gasteiger partial charge >= 0.3 is 17.9 Å². The quantitative estimate of drug-likeness (QED) is 0.331. The zero-order valence-electron chi connectivity index (χ0n) is 25.8. The second-order valence-electron chi connectivity index (χ2n) is 14.9. The van der Waals surface area contributed by atoms with Gasteiger partial charge < -0.3 is 19.3 Å². The van der Waals surface area contributed by atoms with E-state index in [1.165, 1.54) is 6.92 Å². The molecule has 5 rings (SSSR count). The molecule has 224 valence electrons. The van der Waals surface area contributed by atoms with Gasteiger partial charge in [0.1, 0.15) is 18.3 Å². The Morgan fingerprint density at radius 1 is 1.02 bits per heavy atom. The molecule has 1 heterocycles. The summed E-state index contributed by atoms with van der Waals surface area (Å²) in [7, 11) is 0. The number of cyclic esters (lactones) is 1. The number of hydrogen-bond acceptors (Lipinski definition) is 7. The number of carbonyl (C=O) groups excluding carboxylic acids is 3. The van der Waals surface area contributed by atoms with E-state index in [1.54, 1.807) is 6.92 Å². The van der Waals surface area contributed by atoms with E-state index in [2.05, 4.69) is 34.6 Å². The van der Waals surface area contributed by atoms with Crippen LogP contribution in [0.5, 0.6) is 0 Å². The van der Waals surface area contributed by atoms with Gasteiger partial charge in [0, 0.05) is 23.3 Å². The number of ether oxygens (including phenoxy) is 3. The molecule has 0 spiro atoms. The van der Waals surface area contributed by atoms with Crippen molar-refractivity contribution in [3.63, 3.8) is 0 Å². The van der Waals surface area contributed by atoms with Gasteiger partial charge in [-0.3, -0.25) is 9.59 Å². The van der Waals surface area contributed by atoms with Crippen molar-refractivity contribution in [2.24, 2.45) is 39.4 Å². The Hall–Kier alpha value is -1.89. The average Bonchev–Trinajstić information content (AvgIpc) is 3.13. The molecule has 5 aliphatic rings. The lowest BCUT2D eigenvalue weighted by atomic mass is 9.34. The lowest BCUT2D eigenvalue weighted by Crippen LogP contribution is -2.67. The Bertz CT molecular complexity index is 1110. The highest BCUT2D eigenvalue weighted by atomic mass is 16.6. The fourth-order valence-corrected chi connectivity index (χ4v) is 11.0. The van der Waals surface area contributed by atoms with Crippen molar-refractivity contribution in [3.05, 3.63) is 11.1 Å². The molecule has 0 bridgehead atoms. The van der Waals surface area contributed by atoms with Gasteiger partial charge in [0.05, 0.1) is 12.5 Å². The summed E-state index contributed by atoms with van der Waals surface area (Å²) >= 11 is 0. The first-order valence-corrected chi connectivity index (χ1v) is 15.6. The van der Waals surface area contributed by atoms with Crippen molar-refractivity contribution in [1.82, 2.24) is 0 Å². The van der Waals surface area contributed by atoms with Gasteiger partial charge in [0.25, 0.3) is 0 Å². The SMILES string of the molecule is CC(=O)OC(C)[C@@]1(C)CCC[C@@]2(C)C1CC[C@]1(C)C2C[C@H](OC(=O)CC(C)O)[C@]2(C)C3=C(CCC12)[C@@H](C)OC3=O. The fourth-order valence-electron chi connectivity index (χ4n) is 11.0. The molecule has 7 nitrogen and oxygen atoms in total. The first-order valence-electron chi connectivity index (χ1n) is 15.6. The highest BCUT2D eigenvalue weighted by Gasteiger charge is 2.70. The molecule has 0 amide bonds. The standard InChI is InChI=1S/C33H50O7/c1-18(34)16-27(36)40-26-17-25-31(6)14-9-13-30(5,20(3)39-21(4)35)23(31)12-15-32(25,7)24-11-10-22-19(2)38-29(37)28(22)33(24,26)8/h18-20,23-26,34H,9-17H2,1-8H3/t18?,19-,20?,23?,24?,25?,26+,30-,31+,32+,33-/m1/s1. The minimum atomic E-state index is -0.791. The monoisotopic (exact) mass is 558 g/mol. The van der Waals surface area contributed by atoms with Crippen LogP contribution >= 0.6 is 0 Å². The molecule has 0 radical (unpaired) electrons. The topological polar surface area (TPSA) is 99.1 Å². The highest BCUT2D eigenvalue weighted by molar-refractivity contribution is 5.94. The molecule has 40 heavy (non-hydrogen) atoms. The molecule has 3 saturated carbocycles. The summed E-state index contributed by atoms with van der Waals surface area (Å²) in [5, 5.41) is 9.95. The van der Waals surface area contributed by atoms with Gasteiger partial charge in [-0.15, -0.1) is 0 Å². The minimum absolute atomic E-state index is 0.0250. The van der Waals surface area contributed by atoms with E-state index in [0.29, 0.717) is 12.3 Å². The predicted octanol–water partition coefficient (Wildman–Crippen LogP) is 5.91. The number of aliphatic hydroxyl groups excluding tert-OH is 1. The van der Waals surface area contributed by atoms with Crippen LogP contribution in [0.1, 0.15) is 113 Å². The Kier molecular flexibility index (Phi) is 7.28. The zero-order valence-corrected chi connectivity index (χ0v) is 25.8. The van der Waals surface area contributed by atoms with Crippen molar-refractivity contribution in [2.75, 3.05) is 0 Å². The van der Waals surface area contributed by atoms with Crippen molar-refractivity contribution in [3.8, 4) is 0 Å². The number of carbonyl (C=O) groups is 3. The third kappa shape index (κ3) is 4.19. The van der Waals surface area contributed by atoms with Crippen LogP contribution in [-0.2, 0) is 28.6 Å². The third-order valence-electron chi connectivity index (χ3n) is 12.8.